The van der Waals surface area contributed by atoms with Gasteiger partial charge in [0, 0.05) is 23.8 Å². The predicted octanol–water partition coefficient (Wildman–Crippen LogP) is -1.10. The molecule has 2 aliphatic rings. The Hall–Kier alpha value is -3.31. The second-order valence-corrected chi connectivity index (χ2v) is 9.94. The summed E-state index contributed by atoms with van der Waals surface area (Å²) in [5.41, 5.74) is -0.182. The van der Waals surface area contributed by atoms with Crippen LogP contribution in [0.4, 0.5) is 0 Å². The number of aliphatic hydroxyl groups is 6. The zero-order valence-corrected chi connectivity index (χ0v) is 21.5. The standard InChI is InChI=1S/C27H30O14/c1-10-20(32)22(34)24(36)26(37-10)41-25-23(35)21(33)18(9-28)40-27(25)38-13-6-14(30)19-15(31)8-16(39-17(19)7-13)11-2-4-12(29)5-3-11/h2-8,10,18,20-30,32-36H,9H2,1H3/t10-,18+,20-,21-,22+,23+,24+,25+,26+,27-/m0/s1. The minimum atomic E-state index is -1.76. The van der Waals surface area contributed by atoms with E-state index < -0.39 is 79.2 Å². The number of ether oxygens (including phenoxy) is 4. The van der Waals surface area contributed by atoms with Crippen molar-refractivity contribution < 1.29 is 64.2 Å². The summed E-state index contributed by atoms with van der Waals surface area (Å²) in [6.07, 6.45) is -15.3. The molecule has 2 fully saturated rings. The lowest BCUT2D eigenvalue weighted by Crippen LogP contribution is -2.64. The number of rotatable bonds is 6. The summed E-state index contributed by atoms with van der Waals surface area (Å²) in [5.74, 6) is -0.498. The van der Waals surface area contributed by atoms with Crippen molar-refractivity contribution in [2.45, 2.75) is 68.3 Å². The Morgan fingerprint density at radius 1 is 0.829 bits per heavy atom. The molecule has 5 rings (SSSR count). The summed E-state index contributed by atoms with van der Waals surface area (Å²) in [6.45, 7) is 0.704. The molecule has 14 nitrogen and oxygen atoms in total. The highest BCUT2D eigenvalue weighted by Crippen LogP contribution is 2.35. The van der Waals surface area contributed by atoms with E-state index >= 15 is 0 Å². The van der Waals surface area contributed by atoms with Crippen molar-refractivity contribution in [1.82, 2.24) is 0 Å². The van der Waals surface area contributed by atoms with E-state index in [0.717, 1.165) is 6.07 Å². The van der Waals surface area contributed by atoms with Gasteiger partial charge in [0.15, 0.2) is 17.8 Å². The Balaban J connectivity index is 1.47. The molecule has 3 heterocycles. The molecule has 2 saturated heterocycles. The molecule has 1 aromatic heterocycles. The highest BCUT2D eigenvalue weighted by atomic mass is 16.8. The molecule has 0 aliphatic carbocycles. The number of hydrogen-bond acceptors (Lipinski definition) is 14. The minimum Gasteiger partial charge on any atom is -0.508 e. The first-order chi connectivity index (χ1) is 19.5. The maximum atomic E-state index is 12.8. The first-order valence-corrected chi connectivity index (χ1v) is 12.7. The second kappa shape index (κ2) is 11.5. The number of aromatic hydroxyl groups is 2. The number of phenols is 2. The monoisotopic (exact) mass is 578 g/mol. The third-order valence-corrected chi connectivity index (χ3v) is 7.11. The summed E-state index contributed by atoms with van der Waals surface area (Å²) in [7, 11) is 0. The summed E-state index contributed by atoms with van der Waals surface area (Å²) in [5, 5.41) is 81.4. The number of hydrogen-bond donors (Lipinski definition) is 8. The third-order valence-electron chi connectivity index (χ3n) is 7.11. The van der Waals surface area contributed by atoms with Crippen LogP contribution in [0.15, 0.2) is 51.7 Å². The van der Waals surface area contributed by atoms with Gasteiger partial charge in [0.25, 0.3) is 0 Å². The van der Waals surface area contributed by atoms with Crippen molar-refractivity contribution >= 4 is 11.0 Å². The molecular weight excluding hydrogens is 548 g/mol. The van der Waals surface area contributed by atoms with Gasteiger partial charge in [0.1, 0.15) is 70.6 Å². The number of fused-ring (bicyclic) bond motifs is 1. The maximum absolute atomic E-state index is 12.8. The highest BCUT2D eigenvalue weighted by molar-refractivity contribution is 5.86. The zero-order valence-electron chi connectivity index (χ0n) is 21.5. The molecule has 41 heavy (non-hydrogen) atoms. The van der Waals surface area contributed by atoms with Gasteiger partial charge in [-0.15, -0.1) is 0 Å². The van der Waals surface area contributed by atoms with Gasteiger partial charge in [-0.05, 0) is 31.2 Å². The highest BCUT2D eigenvalue weighted by Gasteiger charge is 2.50. The van der Waals surface area contributed by atoms with Crippen LogP contribution in [0.2, 0.25) is 0 Å². The fourth-order valence-electron chi connectivity index (χ4n) is 4.79. The van der Waals surface area contributed by atoms with Gasteiger partial charge in [-0.2, -0.15) is 0 Å². The Kier molecular flexibility index (Phi) is 8.20. The van der Waals surface area contributed by atoms with Crippen LogP contribution in [-0.4, -0.2) is 109 Å². The SMILES string of the molecule is C[C@@H]1O[C@H](O[C@H]2[C@@H](Oc3cc(O)c4c(=O)cc(-c5ccc(O)cc5)oc4c3)O[C@H](CO)[C@H](O)[C@H]2O)[C@H](O)[C@H](O)[C@H]1O. The van der Waals surface area contributed by atoms with E-state index in [1.807, 2.05) is 0 Å². The first kappa shape index (κ1) is 29.2. The molecule has 0 bridgehead atoms. The molecule has 3 aromatic rings. The van der Waals surface area contributed by atoms with Gasteiger partial charge in [0.2, 0.25) is 6.29 Å². The van der Waals surface area contributed by atoms with Crippen LogP contribution in [0.3, 0.4) is 0 Å². The second-order valence-electron chi connectivity index (χ2n) is 9.94. The lowest BCUT2D eigenvalue weighted by Gasteiger charge is -2.45. The maximum Gasteiger partial charge on any atom is 0.229 e. The van der Waals surface area contributed by atoms with Crippen LogP contribution >= 0.6 is 0 Å². The average Bonchev–Trinajstić information content (AvgIpc) is 2.94. The largest absolute Gasteiger partial charge is 0.508 e. The molecule has 0 amide bonds. The third kappa shape index (κ3) is 5.61. The molecule has 8 N–H and O–H groups in total. The summed E-state index contributed by atoms with van der Waals surface area (Å²) in [4.78, 5) is 12.8. The first-order valence-electron chi connectivity index (χ1n) is 12.7. The minimum absolute atomic E-state index is 0.00857. The number of phenolic OH excluding ortho intramolecular Hbond substituents is 2. The zero-order chi connectivity index (χ0) is 29.6. The van der Waals surface area contributed by atoms with Gasteiger partial charge < -0.3 is 64.2 Å². The van der Waals surface area contributed by atoms with E-state index in [1.165, 1.54) is 43.3 Å². The number of benzene rings is 2. The van der Waals surface area contributed by atoms with Crippen molar-refractivity contribution in [3.05, 3.63) is 52.7 Å². The molecule has 2 aromatic carbocycles. The van der Waals surface area contributed by atoms with Crippen molar-refractivity contribution in [2.24, 2.45) is 0 Å². The van der Waals surface area contributed by atoms with Gasteiger partial charge in [-0.1, -0.05) is 0 Å². The van der Waals surface area contributed by atoms with E-state index in [-0.39, 0.29) is 28.2 Å². The fourth-order valence-corrected chi connectivity index (χ4v) is 4.79. The van der Waals surface area contributed by atoms with Crippen molar-refractivity contribution in [2.75, 3.05) is 6.61 Å². The lowest BCUT2D eigenvalue weighted by molar-refractivity contribution is -0.354. The predicted molar refractivity (Wildman–Crippen MR) is 137 cm³/mol. The molecule has 10 atom stereocenters. The van der Waals surface area contributed by atoms with Crippen molar-refractivity contribution in [3.63, 3.8) is 0 Å². The van der Waals surface area contributed by atoms with Crippen LogP contribution in [0.1, 0.15) is 6.92 Å². The van der Waals surface area contributed by atoms with Crippen LogP contribution in [0.25, 0.3) is 22.3 Å². The Morgan fingerprint density at radius 2 is 1.54 bits per heavy atom. The van der Waals surface area contributed by atoms with Gasteiger partial charge in [-0.3, -0.25) is 4.79 Å². The molecule has 222 valence electrons. The molecule has 0 radical (unpaired) electrons. The van der Waals surface area contributed by atoms with E-state index in [1.54, 1.807) is 0 Å². The Labute approximate surface area is 231 Å². The number of aliphatic hydroxyl groups excluding tert-OH is 6. The van der Waals surface area contributed by atoms with E-state index in [9.17, 15) is 45.6 Å². The smallest absolute Gasteiger partial charge is 0.229 e. The quantitative estimate of drug-likeness (QED) is 0.174. The molecule has 0 spiro atoms. The summed E-state index contributed by atoms with van der Waals surface area (Å²) >= 11 is 0. The van der Waals surface area contributed by atoms with Crippen LogP contribution < -0.4 is 10.2 Å². The van der Waals surface area contributed by atoms with Gasteiger partial charge in [-0.25, -0.2) is 0 Å². The lowest BCUT2D eigenvalue weighted by atomic mass is 9.97. The fraction of sp³-hybridized carbons (Fsp3) is 0.444. The Morgan fingerprint density at radius 3 is 2.22 bits per heavy atom. The Bertz CT molecular complexity index is 1420. The molecule has 2 aliphatic heterocycles. The molecule has 14 heteroatoms. The van der Waals surface area contributed by atoms with Gasteiger partial charge >= 0.3 is 0 Å². The summed E-state index contributed by atoms with van der Waals surface area (Å²) in [6, 6.07) is 9.38. The van der Waals surface area contributed by atoms with E-state index in [4.69, 9.17) is 23.4 Å². The van der Waals surface area contributed by atoms with E-state index in [0.29, 0.717) is 5.56 Å². The summed E-state index contributed by atoms with van der Waals surface area (Å²) < 4.78 is 28.4. The topological polar surface area (TPSA) is 229 Å². The van der Waals surface area contributed by atoms with Crippen LogP contribution in [-0.2, 0) is 14.2 Å². The molecule has 0 unspecified atom stereocenters. The van der Waals surface area contributed by atoms with Crippen molar-refractivity contribution in [1.29, 1.82) is 0 Å². The van der Waals surface area contributed by atoms with Gasteiger partial charge in [0.05, 0.1) is 12.7 Å². The van der Waals surface area contributed by atoms with Crippen LogP contribution in [0, 0.1) is 0 Å². The average molecular weight is 579 g/mol. The molecular formula is C27H30O14. The van der Waals surface area contributed by atoms with Crippen LogP contribution in [0.5, 0.6) is 17.2 Å². The van der Waals surface area contributed by atoms with Crippen molar-refractivity contribution in [3.8, 4) is 28.6 Å². The normalized spacial score (nSPS) is 34.0. The molecule has 0 saturated carbocycles. The van der Waals surface area contributed by atoms with E-state index in [2.05, 4.69) is 0 Å².